The summed E-state index contributed by atoms with van der Waals surface area (Å²) < 4.78 is 10.4. The maximum Gasteiger partial charge on any atom is 0.253 e. The number of hydrogen-bond acceptors (Lipinski definition) is 4. The monoisotopic (exact) mass is 212 g/mol. The van der Waals surface area contributed by atoms with Gasteiger partial charge in [0.05, 0.1) is 31.8 Å². The predicted molar refractivity (Wildman–Crippen MR) is 53.0 cm³/mol. The lowest BCUT2D eigenvalue weighted by molar-refractivity contribution is -0.156. The number of ether oxygens (including phenoxy) is 2. The summed E-state index contributed by atoms with van der Waals surface area (Å²) in [5.41, 5.74) is 0. The SMILES string of the molecule is CC(C#N)CN(C)C(=O)C1COCCO1. The van der Waals surface area contributed by atoms with Gasteiger partial charge in [-0.25, -0.2) is 0 Å². The molecule has 0 radical (unpaired) electrons. The van der Waals surface area contributed by atoms with E-state index in [4.69, 9.17) is 14.7 Å². The minimum absolute atomic E-state index is 0.114. The third-order valence-electron chi connectivity index (χ3n) is 2.24. The molecule has 1 amide bonds. The Hall–Kier alpha value is -1.12. The van der Waals surface area contributed by atoms with Crippen LogP contribution in [0.4, 0.5) is 0 Å². The maximum atomic E-state index is 11.8. The number of amides is 1. The molecule has 1 fully saturated rings. The largest absolute Gasteiger partial charge is 0.376 e. The van der Waals surface area contributed by atoms with Crippen molar-refractivity contribution in [1.29, 1.82) is 5.26 Å². The minimum atomic E-state index is -0.505. The molecule has 5 heteroatoms. The van der Waals surface area contributed by atoms with Crippen LogP contribution in [0.3, 0.4) is 0 Å². The molecule has 0 spiro atoms. The van der Waals surface area contributed by atoms with Crippen molar-refractivity contribution >= 4 is 5.91 Å². The number of nitrogens with zero attached hydrogens (tertiary/aromatic N) is 2. The van der Waals surface area contributed by atoms with Gasteiger partial charge in [0.15, 0.2) is 6.10 Å². The lowest BCUT2D eigenvalue weighted by atomic mass is 10.2. The Morgan fingerprint density at radius 3 is 2.93 bits per heavy atom. The van der Waals surface area contributed by atoms with Crippen LogP contribution in [-0.4, -0.2) is 50.3 Å². The number of nitriles is 1. The van der Waals surface area contributed by atoms with Crippen LogP contribution in [0.25, 0.3) is 0 Å². The molecule has 0 N–H and O–H groups in total. The molecule has 1 rings (SSSR count). The summed E-state index contributed by atoms with van der Waals surface area (Å²) in [5, 5.41) is 8.63. The van der Waals surface area contributed by atoms with Gasteiger partial charge < -0.3 is 14.4 Å². The number of carbonyl (C=O) groups excluding carboxylic acids is 1. The Kier molecular flexibility index (Phi) is 4.53. The Balaban J connectivity index is 2.41. The maximum absolute atomic E-state index is 11.8. The fourth-order valence-corrected chi connectivity index (χ4v) is 1.42. The van der Waals surface area contributed by atoms with Crippen molar-refractivity contribution in [1.82, 2.24) is 4.90 Å². The molecule has 5 nitrogen and oxygen atoms in total. The van der Waals surface area contributed by atoms with Crippen LogP contribution in [0.2, 0.25) is 0 Å². The number of rotatable bonds is 3. The Morgan fingerprint density at radius 2 is 2.40 bits per heavy atom. The van der Waals surface area contributed by atoms with Gasteiger partial charge in [-0.1, -0.05) is 0 Å². The van der Waals surface area contributed by atoms with Gasteiger partial charge in [-0.3, -0.25) is 4.79 Å². The highest BCUT2D eigenvalue weighted by atomic mass is 16.6. The van der Waals surface area contributed by atoms with Crippen molar-refractivity contribution in [3.63, 3.8) is 0 Å². The lowest BCUT2D eigenvalue weighted by Crippen LogP contribution is -2.44. The molecule has 0 saturated carbocycles. The molecular formula is C10H16N2O3. The standard InChI is InChI=1S/C10H16N2O3/c1-8(5-11)6-12(2)10(13)9-7-14-3-4-15-9/h8-9H,3-4,6-7H2,1-2H3. The molecule has 2 atom stereocenters. The first kappa shape index (κ1) is 12.0. The third kappa shape index (κ3) is 3.50. The van der Waals surface area contributed by atoms with E-state index in [0.717, 1.165) is 0 Å². The molecule has 1 aliphatic rings. The zero-order chi connectivity index (χ0) is 11.3. The van der Waals surface area contributed by atoms with Crippen LogP contribution in [-0.2, 0) is 14.3 Å². The summed E-state index contributed by atoms with van der Waals surface area (Å²) >= 11 is 0. The zero-order valence-corrected chi connectivity index (χ0v) is 9.10. The minimum Gasteiger partial charge on any atom is -0.376 e. The van der Waals surface area contributed by atoms with Crippen LogP contribution in [0.1, 0.15) is 6.92 Å². The first-order valence-corrected chi connectivity index (χ1v) is 4.99. The second-order valence-electron chi connectivity index (χ2n) is 3.68. The Labute approximate surface area is 89.6 Å². The number of carbonyl (C=O) groups is 1. The van der Waals surface area contributed by atoms with E-state index in [1.807, 2.05) is 0 Å². The molecule has 0 aromatic heterocycles. The van der Waals surface area contributed by atoms with E-state index in [2.05, 4.69) is 6.07 Å². The first-order chi connectivity index (χ1) is 7.15. The van der Waals surface area contributed by atoms with E-state index >= 15 is 0 Å². The topological polar surface area (TPSA) is 62.6 Å². The van der Waals surface area contributed by atoms with E-state index in [0.29, 0.717) is 26.4 Å². The van der Waals surface area contributed by atoms with Crippen LogP contribution in [0.5, 0.6) is 0 Å². The van der Waals surface area contributed by atoms with Crippen molar-refractivity contribution in [2.24, 2.45) is 5.92 Å². The molecule has 84 valence electrons. The highest BCUT2D eigenvalue weighted by Gasteiger charge is 2.26. The van der Waals surface area contributed by atoms with E-state index in [-0.39, 0.29) is 11.8 Å². The molecule has 1 heterocycles. The van der Waals surface area contributed by atoms with Gasteiger partial charge in [-0.15, -0.1) is 0 Å². The summed E-state index contributed by atoms with van der Waals surface area (Å²) in [5.74, 6) is -0.278. The highest BCUT2D eigenvalue weighted by Crippen LogP contribution is 2.06. The third-order valence-corrected chi connectivity index (χ3v) is 2.24. The molecule has 1 aliphatic heterocycles. The van der Waals surface area contributed by atoms with Crippen molar-refractivity contribution in [2.45, 2.75) is 13.0 Å². The summed E-state index contributed by atoms with van der Waals surface area (Å²) in [4.78, 5) is 13.3. The van der Waals surface area contributed by atoms with Gasteiger partial charge >= 0.3 is 0 Å². The van der Waals surface area contributed by atoms with Gasteiger partial charge in [0.25, 0.3) is 5.91 Å². The molecule has 0 aliphatic carbocycles. The van der Waals surface area contributed by atoms with E-state index in [9.17, 15) is 4.79 Å². The second-order valence-corrected chi connectivity index (χ2v) is 3.68. The van der Waals surface area contributed by atoms with Crippen LogP contribution < -0.4 is 0 Å². The molecule has 0 aromatic carbocycles. The van der Waals surface area contributed by atoms with Gasteiger partial charge in [-0.05, 0) is 6.92 Å². The predicted octanol–water partition coefficient (Wildman–Crippen LogP) is 0.0199. The van der Waals surface area contributed by atoms with E-state index in [1.165, 1.54) is 4.90 Å². The van der Waals surface area contributed by atoms with Crippen molar-refractivity contribution < 1.29 is 14.3 Å². The fraction of sp³-hybridized carbons (Fsp3) is 0.800. The second kappa shape index (κ2) is 5.69. The number of likely N-dealkylation sites (N-methyl/N-ethyl adjacent to an activating group) is 1. The van der Waals surface area contributed by atoms with E-state index < -0.39 is 6.10 Å². The summed E-state index contributed by atoms with van der Waals surface area (Å²) in [6.45, 7) is 3.52. The molecule has 1 saturated heterocycles. The highest BCUT2D eigenvalue weighted by molar-refractivity contribution is 5.80. The van der Waals surface area contributed by atoms with Gasteiger partial charge in [0.2, 0.25) is 0 Å². The van der Waals surface area contributed by atoms with Crippen molar-refractivity contribution in [3.8, 4) is 6.07 Å². The average molecular weight is 212 g/mol. The molecule has 0 aromatic rings. The van der Waals surface area contributed by atoms with Gasteiger partial charge in [0, 0.05) is 13.6 Å². The molecule has 2 unspecified atom stereocenters. The van der Waals surface area contributed by atoms with Gasteiger partial charge in [-0.2, -0.15) is 5.26 Å². The molecule has 0 bridgehead atoms. The van der Waals surface area contributed by atoms with Crippen LogP contribution in [0.15, 0.2) is 0 Å². The van der Waals surface area contributed by atoms with Crippen LogP contribution >= 0.6 is 0 Å². The Bertz CT molecular complexity index is 256. The summed E-state index contributed by atoms with van der Waals surface area (Å²) in [6.07, 6.45) is -0.505. The van der Waals surface area contributed by atoms with Crippen LogP contribution in [0, 0.1) is 17.2 Å². The Morgan fingerprint density at radius 1 is 1.67 bits per heavy atom. The summed E-state index contributed by atoms with van der Waals surface area (Å²) in [6, 6.07) is 2.09. The summed E-state index contributed by atoms with van der Waals surface area (Å²) in [7, 11) is 1.67. The van der Waals surface area contributed by atoms with Gasteiger partial charge in [0.1, 0.15) is 0 Å². The van der Waals surface area contributed by atoms with Crippen molar-refractivity contribution in [2.75, 3.05) is 33.4 Å². The van der Waals surface area contributed by atoms with Crippen molar-refractivity contribution in [3.05, 3.63) is 0 Å². The fourth-order valence-electron chi connectivity index (χ4n) is 1.42. The first-order valence-electron chi connectivity index (χ1n) is 4.99. The quantitative estimate of drug-likeness (QED) is 0.661. The molecular weight excluding hydrogens is 196 g/mol. The smallest absolute Gasteiger partial charge is 0.253 e. The van der Waals surface area contributed by atoms with E-state index in [1.54, 1.807) is 14.0 Å². The number of hydrogen-bond donors (Lipinski definition) is 0. The zero-order valence-electron chi connectivity index (χ0n) is 9.10. The lowest BCUT2D eigenvalue weighted by Gasteiger charge is -2.27. The molecule has 15 heavy (non-hydrogen) atoms. The normalized spacial score (nSPS) is 22.9. The average Bonchev–Trinajstić information content (AvgIpc) is 2.29.